The highest BCUT2D eigenvalue weighted by atomic mass is 32.2. The summed E-state index contributed by atoms with van der Waals surface area (Å²) >= 11 is 1.14. The number of carbonyl (C=O) groups is 1. The maximum Gasteiger partial charge on any atom is 0.411 e. The molecule has 0 saturated carbocycles. The first-order chi connectivity index (χ1) is 11.8. The maximum atomic E-state index is 12.3. The monoisotopic (exact) mass is 384 g/mol. The van der Waals surface area contributed by atoms with Crippen LogP contribution in [0.2, 0.25) is 0 Å². The van der Waals surface area contributed by atoms with Gasteiger partial charge in [0.2, 0.25) is 5.13 Å². The highest BCUT2D eigenvalue weighted by molar-refractivity contribution is 7.93. The Hall–Kier alpha value is -2.20. The van der Waals surface area contributed by atoms with Gasteiger partial charge < -0.3 is 4.74 Å². The first kappa shape index (κ1) is 19.1. The minimum absolute atomic E-state index is 0.0547. The number of nitrogens with zero attached hydrogens (tertiary/aromatic N) is 2. The van der Waals surface area contributed by atoms with Gasteiger partial charge in [-0.2, -0.15) is 0 Å². The van der Waals surface area contributed by atoms with Crippen LogP contribution in [-0.4, -0.2) is 31.3 Å². The number of nitrogens with one attached hydrogen (secondary N) is 2. The normalized spacial score (nSPS) is 11.4. The van der Waals surface area contributed by atoms with E-state index in [9.17, 15) is 13.2 Å². The lowest BCUT2D eigenvalue weighted by Gasteiger charge is -2.09. The van der Waals surface area contributed by atoms with E-state index >= 15 is 0 Å². The second kappa shape index (κ2) is 8.26. The predicted molar refractivity (Wildman–Crippen MR) is 96.3 cm³/mol. The molecule has 10 heteroatoms. The molecule has 8 nitrogen and oxygen atoms in total. The lowest BCUT2D eigenvalue weighted by Crippen LogP contribution is -2.16. The third kappa shape index (κ3) is 5.98. The number of ether oxygens (including phenoxy) is 1. The zero-order chi connectivity index (χ0) is 18.4. The molecule has 25 heavy (non-hydrogen) atoms. The van der Waals surface area contributed by atoms with Gasteiger partial charge in [-0.25, -0.2) is 13.2 Å². The molecule has 0 saturated heterocycles. The highest BCUT2D eigenvalue weighted by Crippen LogP contribution is 2.20. The Morgan fingerprint density at radius 3 is 2.48 bits per heavy atom. The number of benzene rings is 1. The van der Waals surface area contributed by atoms with Crippen LogP contribution in [0.15, 0.2) is 29.2 Å². The largest absolute Gasteiger partial charge is 0.449 e. The fourth-order valence-corrected chi connectivity index (χ4v) is 3.59. The molecule has 1 heterocycles. The Morgan fingerprint density at radius 1 is 1.24 bits per heavy atom. The number of sulfonamides is 1. The standard InChI is InChI=1S/C15H20N4O4S2/c1-10(2)8-9-23-15(20)16-12-4-6-13(7-5-12)25(21,22)19-14-18-17-11(3)24-14/h4-7,10H,8-9H2,1-3H3,(H,16,20)(H,18,19). The first-order valence-electron chi connectivity index (χ1n) is 7.63. The van der Waals surface area contributed by atoms with Crippen molar-refractivity contribution in [1.29, 1.82) is 0 Å². The van der Waals surface area contributed by atoms with Gasteiger partial charge in [-0.05, 0) is 43.5 Å². The van der Waals surface area contributed by atoms with Gasteiger partial charge in [0.05, 0.1) is 11.5 Å². The zero-order valence-corrected chi connectivity index (χ0v) is 15.8. The third-order valence-corrected chi connectivity index (χ3v) is 5.33. The molecule has 2 aromatic rings. The Labute approximate surface area is 150 Å². The van der Waals surface area contributed by atoms with Crippen molar-refractivity contribution in [2.24, 2.45) is 5.92 Å². The first-order valence-corrected chi connectivity index (χ1v) is 9.93. The number of aromatic nitrogens is 2. The van der Waals surface area contributed by atoms with E-state index in [1.165, 1.54) is 24.3 Å². The zero-order valence-electron chi connectivity index (χ0n) is 14.1. The minimum Gasteiger partial charge on any atom is -0.449 e. The van der Waals surface area contributed by atoms with Crippen molar-refractivity contribution in [2.75, 3.05) is 16.6 Å². The van der Waals surface area contributed by atoms with Gasteiger partial charge in [0.25, 0.3) is 10.0 Å². The van der Waals surface area contributed by atoms with Crippen LogP contribution in [0.25, 0.3) is 0 Å². The summed E-state index contributed by atoms with van der Waals surface area (Å²) in [5.74, 6) is 0.446. The van der Waals surface area contributed by atoms with E-state index < -0.39 is 16.1 Å². The van der Waals surface area contributed by atoms with Gasteiger partial charge in [0, 0.05) is 5.69 Å². The van der Waals surface area contributed by atoms with E-state index in [2.05, 4.69) is 20.2 Å². The van der Waals surface area contributed by atoms with Crippen LogP contribution in [0.1, 0.15) is 25.3 Å². The van der Waals surface area contributed by atoms with Crippen molar-refractivity contribution in [2.45, 2.75) is 32.1 Å². The van der Waals surface area contributed by atoms with Gasteiger partial charge in [-0.3, -0.25) is 10.0 Å². The Bertz CT molecular complexity index is 816. The van der Waals surface area contributed by atoms with E-state index in [0.29, 0.717) is 23.2 Å². The van der Waals surface area contributed by atoms with Crippen LogP contribution in [0.4, 0.5) is 15.6 Å². The summed E-state index contributed by atoms with van der Waals surface area (Å²) in [5.41, 5.74) is 0.445. The molecule has 0 aliphatic heterocycles. The number of rotatable bonds is 7. The molecule has 1 aromatic carbocycles. The SMILES string of the molecule is Cc1nnc(NS(=O)(=O)c2ccc(NC(=O)OCCC(C)C)cc2)s1. The quantitative estimate of drug-likeness (QED) is 0.758. The molecule has 0 aliphatic rings. The van der Waals surface area contributed by atoms with Crippen molar-refractivity contribution in [3.8, 4) is 0 Å². The van der Waals surface area contributed by atoms with Crippen molar-refractivity contribution in [3.63, 3.8) is 0 Å². The summed E-state index contributed by atoms with van der Waals surface area (Å²) in [5, 5.41) is 10.9. The number of amides is 1. The topological polar surface area (TPSA) is 110 Å². The average molecular weight is 384 g/mol. The van der Waals surface area contributed by atoms with Crippen LogP contribution < -0.4 is 10.0 Å². The molecule has 0 aliphatic carbocycles. The van der Waals surface area contributed by atoms with Crippen LogP contribution in [-0.2, 0) is 14.8 Å². The predicted octanol–water partition coefficient (Wildman–Crippen LogP) is 3.24. The van der Waals surface area contributed by atoms with Crippen LogP contribution in [0.5, 0.6) is 0 Å². The van der Waals surface area contributed by atoms with Gasteiger partial charge in [0.15, 0.2) is 0 Å². The van der Waals surface area contributed by atoms with Crippen molar-refractivity contribution < 1.29 is 17.9 Å². The molecular formula is C15H20N4O4S2. The molecule has 1 aromatic heterocycles. The van der Waals surface area contributed by atoms with E-state index in [-0.39, 0.29) is 10.0 Å². The Kier molecular flexibility index (Phi) is 6.32. The summed E-state index contributed by atoms with van der Waals surface area (Å²) in [7, 11) is -3.75. The van der Waals surface area contributed by atoms with Gasteiger partial charge in [-0.15, -0.1) is 10.2 Å². The fourth-order valence-electron chi connectivity index (χ4n) is 1.77. The van der Waals surface area contributed by atoms with Gasteiger partial charge in [-0.1, -0.05) is 25.2 Å². The van der Waals surface area contributed by atoms with E-state index in [4.69, 9.17) is 4.74 Å². The summed E-state index contributed by atoms with van der Waals surface area (Å²) < 4.78 is 31.9. The fraction of sp³-hybridized carbons (Fsp3) is 0.400. The number of aryl methyl sites for hydroxylation is 1. The lowest BCUT2D eigenvalue weighted by atomic mass is 10.1. The Balaban J connectivity index is 1.95. The summed E-state index contributed by atoms with van der Waals surface area (Å²) in [6.07, 6.45) is 0.208. The van der Waals surface area contributed by atoms with E-state index in [1.54, 1.807) is 6.92 Å². The average Bonchev–Trinajstić information content (AvgIpc) is 2.91. The summed E-state index contributed by atoms with van der Waals surface area (Å²) in [6, 6.07) is 5.76. The molecule has 1 amide bonds. The molecule has 0 radical (unpaired) electrons. The molecule has 0 atom stereocenters. The van der Waals surface area contributed by atoms with Gasteiger partial charge in [0.1, 0.15) is 5.01 Å². The summed E-state index contributed by atoms with van der Waals surface area (Å²) in [6.45, 7) is 6.15. The van der Waals surface area contributed by atoms with Gasteiger partial charge >= 0.3 is 6.09 Å². The smallest absolute Gasteiger partial charge is 0.411 e. The molecule has 0 spiro atoms. The second-order valence-electron chi connectivity index (χ2n) is 5.70. The number of hydrogen-bond donors (Lipinski definition) is 2. The molecule has 0 unspecified atom stereocenters. The Morgan fingerprint density at radius 2 is 1.92 bits per heavy atom. The summed E-state index contributed by atoms with van der Waals surface area (Å²) in [4.78, 5) is 11.7. The van der Waals surface area contributed by atoms with Crippen molar-refractivity contribution >= 4 is 38.3 Å². The number of anilines is 2. The molecule has 136 valence electrons. The molecular weight excluding hydrogens is 364 g/mol. The lowest BCUT2D eigenvalue weighted by molar-refractivity contribution is 0.155. The van der Waals surface area contributed by atoms with Crippen molar-refractivity contribution in [1.82, 2.24) is 10.2 Å². The van der Waals surface area contributed by atoms with Crippen molar-refractivity contribution in [3.05, 3.63) is 29.3 Å². The number of hydrogen-bond acceptors (Lipinski definition) is 7. The molecule has 0 fully saturated rings. The third-order valence-electron chi connectivity index (χ3n) is 3.09. The number of carbonyl (C=O) groups excluding carboxylic acids is 1. The minimum atomic E-state index is -3.75. The maximum absolute atomic E-state index is 12.3. The van der Waals surface area contributed by atoms with Crippen LogP contribution >= 0.6 is 11.3 Å². The second-order valence-corrected chi connectivity index (χ2v) is 8.56. The van der Waals surface area contributed by atoms with E-state index in [0.717, 1.165) is 17.8 Å². The van der Waals surface area contributed by atoms with Crippen LogP contribution in [0, 0.1) is 12.8 Å². The molecule has 2 rings (SSSR count). The molecule has 2 N–H and O–H groups in total. The van der Waals surface area contributed by atoms with Crippen LogP contribution in [0.3, 0.4) is 0 Å². The van der Waals surface area contributed by atoms with E-state index in [1.807, 2.05) is 13.8 Å². The molecule has 0 bridgehead atoms. The highest BCUT2D eigenvalue weighted by Gasteiger charge is 2.16.